The Morgan fingerprint density at radius 2 is 1.84 bits per heavy atom. The fourth-order valence-electron chi connectivity index (χ4n) is 3.66. The van der Waals surface area contributed by atoms with Crippen LogP contribution in [-0.4, -0.2) is 54.6 Å². The smallest absolute Gasteiger partial charge is 0.216 e. The van der Waals surface area contributed by atoms with Crippen molar-refractivity contribution in [2.75, 3.05) is 31.6 Å². The minimum atomic E-state index is -3.06. The highest BCUT2D eigenvalue weighted by Gasteiger charge is 2.39. The van der Waals surface area contributed by atoms with E-state index in [1.807, 2.05) is 18.2 Å². The van der Waals surface area contributed by atoms with Gasteiger partial charge in [-0.3, -0.25) is 0 Å². The second kappa shape index (κ2) is 6.53. The third kappa shape index (κ3) is 3.35. The van der Waals surface area contributed by atoms with Gasteiger partial charge in [-0.2, -0.15) is 0 Å². The van der Waals surface area contributed by atoms with Crippen LogP contribution < -0.4 is 4.90 Å². The zero-order chi connectivity index (χ0) is 17.4. The number of hydrogen-bond donors (Lipinski definition) is 0. The summed E-state index contributed by atoms with van der Waals surface area (Å²) in [7, 11) is -1.33. The molecule has 4 rings (SSSR count). The molecular weight excluding hydrogens is 336 g/mol. The summed E-state index contributed by atoms with van der Waals surface area (Å²) in [6, 6.07) is 8.07. The van der Waals surface area contributed by atoms with Crippen LogP contribution in [0.4, 0.5) is 5.82 Å². The molecular formula is C18H24N4O2S. The van der Waals surface area contributed by atoms with Gasteiger partial charge >= 0.3 is 0 Å². The molecule has 0 bridgehead atoms. The molecule has 2 fully saturated rings. The van der Waals surface area contributed by atoms with Crippen LogP contribution in [0.15, 0.2) is 30.6 Å². The number of anilines is 1. The molecule has 0 spiro atoms. The molecule has 1 saturated heterocycles. The van der Waals surface area contributed by atoms with Crippen molar-refractivity contribution in [2.45, 2.75) is 30.9 Å². The average Bonchev–Trinajstić information content (AvgIpc) is 3.47. The third-order valence-electron chi connectivity index (χ3n) is 5.33. The number of fused-ring (bicyclic) bond motifs is 1. The first-order valence-electron chi connectivity index (χ1n) is 8.95. The lowest BCUT2D eigenvalue weighted by Gasteiger charge is -2.34. The molecule has 1 aliphatic carbocycles. The minimum Gasteiger partial charge on any atom is -0.356 e. The second-order valence-corrected chi connectivity index (χ2v) is 9.49. The van der Waals surface area contributed by atoms with E-state index >= 15 is 0 Å². The summed E-state index contributed by atoms with van der Waals surface area (Å²) in [6.07, 6.45) is 5.25. The van der Waals surface area contributed by atoms with E-state index in [0.29, 0.717) is 12.5 Å². The summed E-state index contributed by atoms with van der Waals surface area (Å²) in [5, 5.41) is 0.960. The second-order valence-electron chi connectivity index (χ2n) is 7.17. The summed E-state index contributed by atoms with van der Waals surface area (Å²) < 4.78 is 26.2. The Kier molecular flexibility index (Phi) is 4.37. The van der Waals surface area contributed by atoms with Crippen molar-refractivity contribution >= 4 is 26.7 Å². The Hall–Kier alpha value is -1.73. The van der Waals surface area contributed by atoms with E-state index in [9.17, 15) is 8.42 Å². The van der Waals surface area contributed by atoms with Crippen LogP contribution in [0.5, 0.6) is 0 Å². The molecule has 25 heavy (non-hydrogen) atoms. The maximum absolute atomic E-state index is 12.3. The molecule has 0 radical (unpaired) electrons. The van der Waals surface area contributed by atoms with Crippen LogP contribution in [0.25, 0.3) is 10.9 Å². The molecule has 0 amide bonds. The van der Waals surface area contributed by atoms with Gasteiger partial charge in [0.05, 0.1) is 10.8 Å². The predicted octanol–water partition coefficient (Wildman–Crippen LogP) is 2.27. The summed E-state index contributed by atoms with van der Waals surface area (Å²) in [5.41, 5.74) is 0.963. The molecule has 1 aromatic carbocycles. The maximum Gasteiger partial charge on any atom is 0.216 e. The highest BCUT2D eigenvalue weighted by Crippen LogP contribution is 2.32. The van der Waals surface area contributed by atoms with E-state index in [0.717, 1.165) is 55.5 Å². The van der Waals surface area contributed by atoms with Gasteiger partial charge in [-0.25, -0.2) is 22.7 Å². The molecule has 1 saturated carbocycles. The monoisotopic (exact) mass is 360 g/mol. The number of benzene rings is 1. The first kappa shape index (κ1) is 16.7. The minimum absolute atomic E-state index is 0.120. The van der Waals surface area contributed by atoms with Crippen molar-refractivity contribution in [2.24, 2.45) is 5.92 Å². The highest BCUT2D eigenvalue weighted by atomic mass is 32.2. The largest absolute Gasteiger partial charge is 0.356 e. The molecule has 0 atom stereocenters. The van der Waals surface area contributed by atoms with E-state index in [4.69, 9.17) is 0 Å². The van der Waals surface area contributed by atoms with Gasteiger partial charge in [0.1, 0.15) is 12.1 Å². The van der Waals surface area contributed by atoms with Crippen LogP contribution in [0.2, 0.25) is 0 Å². The molecule has 0 unspecified atom stereocenters. The van der Waals surface area contributed by atoms with E-state index in [-0.39, 0.29) is 5.25 Å². The fourth-order valence-corrected chi connectivity index (χ4v) is 5.32. The van der Waals surface area contributed by atoms with E-state index in [1.165, 1.54) is 0 Å². The molecule has 1 aliphatic heterocycles. The zero-order valence-corrected chi connectivity index (χ0v) is 15.3. The van der Waals surface area contributed by atoms with Crippen molar-refractivity contribution in [1.29, 1.82) is 0 Å². The Morgan fingerprint density at radius 1 is 1.12 bits per heavy atom. The Labute approximate surface area is 148 Å². The van der Waals surface area contributed by atoms with Gasteiger partial charge in [-0.05, 0) is 43.7 Å². The van der Waals surface area contributed by atoms with Gasteiger partial charge in [-0.15, -0.1) is 0 Å². The number of aromatic nitrogens is 2. The van der Waals surface area contributed by atoms with E-state index in [2.05, 4.69) is 20.9 Å². The summed E-state index contributed by atoms with van der Waals surface area (Å²) in [4.78, 5) is 11.1. The molecule has 134 valence electrons. The standard InChI is InChI=1S/C18H24N4O2S/c1-21(25(23,24)15-6-7-15)12-14-8-10-22(11-9-14)18-16-4-2-3-5-17(16)19-13-20-18/h2-5,13-15H,6-12H2,1H3. The molecule has 2 heterocycles. The summed E-state index contributed by atoms with van der Waals surface area (Å²) in [5.74, 6) is 1.41. The lowest BCUT2D eigenvalue weighted by molar-refractivity contribution is 0.327. The number of para-hydroxylation sites is 1. The van der Waals surface area contributed by atoms with Gasteiger partial charge in [0.25, 0.3) is 0 Å². The van der Waals surface area contributed by atoms with Crippen molar-refractivity contribution in [3.63, 3.8) is 0 Å². The van der Waals surface area contributed by atoms with Crippen LogP contribution in [0, 0.1) is 5.92 Å². The third-order valence-corrected chi connectivity index (χ3v) is 7.66. The first-order chi connectivity index (χ1) is 12.1. The SMILES string of the molecule is CN(CC1CCN(c2ncnc3ccccc23)CC1)S(=O)(=O)C1CC1. The van der Waals surface area contributed by atoms with Crippen LogP contribution >= 0.6 is 0 Å². The van der Waals surface area contributed by atoms with Crippen molar-refractivity contribution < 1.29 is 8.42 Å². The number of rotatable bonds is 5. The van der Waals surface area contributed by atoms with Crippen LogP contribution in [0.1, 0.15) is 25.7 Å². The molecule has 2 aliphatic rings. The summed E-state index contributed by atoms with van der Waals surface area (Å²) in [6.45, 7) is 2.45. The Bertz CT molecular complexity index is 853. The average molecular weight is 360 g/mol. The van der Waals surface area contributed by atoms with Crippen molar-refractivity contribution in [3.8, 4) is 0 Å². The highest BCUT2D eigenvalue weighted by molar-refractivity contribution is 7.90. The van der Waals surface area contributed by atoms with Crippen LogP contribution in [-0.2, 0) is 10.0 Å². The predicted molar refractivity (Wildman–Crippen MR) is 99.0 cm³/mol. The quantitative estimate of drug-likeness (QED) is 0.818. The molecule has 7 heteroatoms. The number of hydrogen-bond acceptors (Lipinski definition) is 5. The van der Waals surface area contributed by atoms with E-state index in [1.54, 1.807) is 17.7 Å². The lowest BCUT2D eigenvalue weighted by Crippen LogP contribution is -2.40. The van der Waals surface area contributed by atoms with Gasteiger partial charge < -0.3 is 4.90 Å². The van der Waals surface area contributed by atoms with Crippen molar-refractivity contribution in [1.82, 2.24) is 14.3 Å². The normalized spacial score (nSPS) is 19.7. The first-order valence-corrected chi connectivity index (χ1v) is 10.5. The molecule has 6 nitrogen and oxygen atoms in total. The van der Waals surface area contributed by atoms with Gasteiger partial charge in [0.2, 0.25) is 10.0 Å². The zero-order valence-electron chi connectivity index (χ0n) is 14.5. The summed E-state index contributed by atoms with van der Waals surface area (Å²) >= 11 is 0. The van der Waals surface area contributed by atoms with Crippen molar-refractivity contribution in [3.05, 3.63) is 30.6 Å². The fraction of sp³-hybridized carbons (Fsp3) is 0.556. The lowest BCUT2D eigenvalue weighted by atomic mass is 9.96. The number of nitrogens with zero attached hydrogens (tertiary/aromatic N) is 4. The molecule has 1 aromatic heterocycles. The van der Waals surface area contributed by atoms with Gasteiger partial charge in [0.15, 0.2) is 0 Å². The Balaban J connectivity index is 1.41. The van der Waals surface area contributed by atoms with Gasteiger partial charge in [-0.1, -0.05) is 12.1 Å². The molecule has 2 aromatic rings. The van der Waals surface area contributed by atoms with Gasteiger partial charge in [0, 0.05) is 32.1 Å². The molecule has 0 N–H and O–H groups in total. The topological polar surface area (TPSA) is 66.4 Å². The Morgan fingerprint density at radius 3 is 2.56 bits per heavy atom. The maximum atomic E-state index is 12.3. The number of piperidine rings is 1. The van der Waals surface area contributed by atoms with Crippen LogP contribution in [0.3, 0.4) is 0 Å². The van der Waals surface area contributed by atoms with E-state index < -0.39 is 10.0 Å². The number of sulfonamides is 1.